The third-order valence-electron chi connectivity index (χ3n) is 3.62. The number of carbonyl (C=O) groups is 1. The minimum absolute atomic E-state index is 0.0297. The van der Waals surface area contributed by atoms with Gasteiger partial charge in [-0.15, -0.1) is 0 Å². The number of hydrogen-bond donors (Lipinski definition) is 1. The van der Waals surface area contributed by atoms with Crippen LogP contribution in [-0.4, -0.2) is 17.4 Å². The smallest absolute Gasteiger partial charge is 0.274 e. The lowest BCUT2D eigenvalue weighted by molar-refractivity contribution is -0.385. The summed E-state index contributed by atoms with van der Waals surface area (Å²) in [5.41, 5.74) is 3.02. The molecule has 23 heavy (non-hydrogen) atoms. The van der Waals surface area contributed by atoms with E-state index in [-0.39, 0.29) is 18.2 Å². The molecule has 120 valence electrons. The van der Waals surface area contributed by atoms with E-state index in [4.69, 9.17) is 4.74 Å². The number of nitro groups is 1. The first kappa shape index (κ1) is 16.5. The van der Waals surface area contributed by atoms with Crippen LogP contribution in [0.15, 0.2) is 36.4 Å². The average Bonchev–Trinajstić information content (AvgIpc) is 2.50. The topological polar surface area (TPSA) is 81.5 Å². The van der Waals surface area contributed by atoms with Gasteiger partial charge in [0.05, 0.1) is 16.2 Å². The van der Waals surface area contributed by atoms with Crippen LogP contribution in [0.3, 0.4) is 0 Å². The summed E-state index contributed by atoms with van der Waals surface area (Å²) in [6.07, 6.45) is 0. The Morgan fingerprint density at radius 3 is 2.57 bits per heavy atom. The van der Waals surface area contributed by atoms with Gasteiger partial charge in [0.1, 0.15) is 5.75 Å². The molecule has 0 aliphatic rings. The molecule has 0 fully saturated rings. The van der Waals surface area contributed by atoms with E-state index in [9.17, 15) is 14.9 Å². The molecule has 1 amide bonds. The van der Waals surface area contributed by atoms with Gasteiger partial charge < -0.3 is 10.1 Å². The van der Waals surface area contributed by atoms with Crippen molar-refractivity contribution in [2.45, 2.75) is 20.8 Å². The van der Waals surface area contributed by atoms with E-state index in [1.165, 1.54) is 12.1 Å². The number of hydrogen-bond acceptors (Lipinski definition) is 4. The lowest BCUT2D eigenvalue weighted by atomic mass is 10.1. The van der Waals surface area contributed by atoms with Crippen LogP contribution >= 0.6 is 0 Å². The third kappa shape index (κ3) is 4.06. The predicted molar refractivity (Wildman–Crippen MR) is 87.9 cm³/mol. The molecule has 0 aliphatic heterocycles. The fourth-order valence-electron chi connectivity index (χ4n) is 2.10. The number of amides is 1. The number of anilines is 1. The second-order valence-electron chi connectivity index (χ2n) is 5.29. The molecular formula is C17H18N2O4. The van der Waals surface area contributed by atoms with Crippen molar-refractivity contribution in [1.82, 2.24) is 0 Å². The highest BCUT2D eigenvalue weighted by atomic mass is 16.6. The summed E-state index contributed by atoms with van der Waals surface area (Å²) in [6, 6.07) is 10.1. The Morgan fingerprint density at radius 2 is 1.91 bits per heavy atom. The Hall–Kier alpha value is -2.89. The summed E-state index contributed by atoms with van der Waals surface area (Å²) in [6.45, 7) is 5.40. The maximum Gasteiger partial charge on any atom is 0.274 e. The second kappa shape index (κ2) is 6.91. The zero-order valence-corrected chi connectivity index (χ0v) is 13.3. The molecule has 2 aromatic carbocycles. The number of nitro benzene ring substituents is 1. The summed E-state index contributed by atoms with van der Waals surface area (Å²) in [5, 5.41) is 13.5. The Bertz CT molecular complexity index is 756. The molecule has 0 bridgehead atoms. The highest BCUT2D eigenvalue weighted by Gasteiger charge is 2.15. The van der Waals surface area contributed by atoms with Gasteiger partial charge in [-0.05, 0) is 50.1 Å². The standard InChI is InChI=1S/C17H18N2O4/c1-11-7-8-14(9-12(11)2)23-10-17(20)18-15-5-4-6-16(13(15)3)19(21)22/h4-9H,10H2,1-3H3,(H,18,20). The molecule has 0 spiro atoms. The summed E-state index contributed by atoms with van der Waals surface area (Å²) in [4.78, 5) is 22.4. The summed E-state index contributed by atoms with van der Waals surface area (Å²) >= 11 is 0. The fourth-order valence-corrected chi connectivity index (χ4v) is 2.10. The molecule has 0 heterocycles. The molecule has 0 aliphatic carbocycles. The number of aryl methyl sites for hydroxylation is 2. The van der Waals surface area contributed by atoms with Gasteiger partial charge in [0.25, 0.3) is 11.6 Å². The highest BCUT2D eigenvalue weighted by molar-refractivity contribution is 5.93. The molecule has 0 aromatic heterocycles. The van der Waals surface area contributed by atoms with E-state index >= 15 is 0 Å². The molecule has 2 aromatic rings. The van der Waals surface area contributed by atoms with Gasteiger partial charge in [0.15, 0.2) is 6.61 Å². The van der Waals surface area contributed by atoms with Crippen LogP contribution in [0, 0.1) is 30.9 Å². The van der Waals surface area contributed by atoms with Crippen molar-refractivity contribution in [3.8, 4) is 5.75 Å². The molecule has 2 rings (SSSR count). The third-order valence-corrected chi connectivity index (χ3v) is 3.62. The Balaban J connectivity index is 2.01. The van der Waals surface area contributed by atoms with Crippen molar-refractivity contribution in [2.75, 3.05) is 11.9 Å². The highest BCUT2D eigenvalue weighted by Crippen LogP contribution is 2.25. The SMILES string of the molecule is Cc1ccc(OCC(=O)Nc2cccc([N+](=O)[O-])c2C)cc1C. The van der Waals surface area contributed by atoms with Gasteiger partial charge in [-0.1, -0.05) is 12.1 Å². The Morgan fingerprint density at radius 1 is 1.17 bits per heavy atom. The zero-order valence-electron chi connectivity index (χ0n) is 13.3. The van der Waals surface area contributed by atoms with Gasteiger partial charge in [-0.2, -0.15) is 0 Å². The van der Waals surface area contributed by atoms with E-state index in [1.807, 2.05) is 26.0 Å². The first-order chi connectivity index (χ1) is 10.9. The molecule has 0 saturated carbocycles. The maximum atomic E-state index is 12.0. The van der Waals surface area contributed by atoms with Crippen LogP contribution in [-0.2, 0) is 4.79 Å². The molecule has 0 unspecified atom stereocenters. The molecular weight excluding hydrogens is 296 g/mol. The minimum atomic E-state index is -0.476. The molecule has 0 radical (unpaired) electrons. The van der Waals surface area contributed by atoms with Gasteiger partial charge in [0.2, 0.25) is 0 Å². The zero-order chi connectivity index (χ0) is 17.0. The van der Waals surface area contributed by atoms with Crippen LogP contribution in [0.4, 0.5) is 11.4 Å². The van der Waals surface area contributed by atoms with E-state index in [1.54, 1.807) is 19.1 Å². The second-order valence-corrected chi connectivity index (χ2v) is 5.29. The molecule has 6 heteroatoms. The summed E-state index contributed by atoms with van der Waals surface area (Å²) in [7, 11) is 0. The molecule has 0 atom stereocenters. The van der Waals surface area contributed by atoms with Crippen LogP contribution in [0.2, 0.25) is 0 Å². The first-order valence-electron chi connectivity index (χ1n) is 7.12. The first-order valence-corrected chi connectivity index (χ1v) is 7.12. The van der Waals surface area contributed by atoms with Crippen LogP contribution < -0.4 is 10.1 Å². The number of nitrogens with one attached hydrogen (secondary N) is 1. The largest absolute Gasteiger partial charge is 0.484 e. The number of rotatable bonds is 5. The molecule has 1 N–H and O–H groups in total. The van der Waals surface area contributed by atoms with Crippen molar-refractivity contribution in [2.24, 2.45) is 0 Å². The van der Waals surface area contributed by atoms with Gasteiger partial charge in [-0.3, -0.25) is 14.9 Å². The predicted octanol–water partition coefficient (Wildman–Crippen LogP) is 3.54. The van der Waals surface area contributed by atoms with Crippen molar-refractivity contribution >= 4 is 17.3 Å². The van der Waals surface area contributed by atoms with E-state index in [0.29, 0.717) is 17.0 Å². The van der Waals surface area contributed by atoms with Crippen molar-refractivity contribution in [3.63, 3.8) is 0 Å². The van der Waals surface area contributed by atoms with Crippen LogP contribution in [0.1, 0.15) is 16.7 Å². The van der Waals surface area contributed by atoms with Gasteiger partial charge >= 0.3 is 0 Å². The maximum absolute atomic E-state index is 12.0. The van der Waals surface area contributed by atoms with E-state index < -0.39 is 4.92 Å². The normalized spacial score (nSPS) is 10.2. The van der Waals surface area contributed by atoms with Crippen molar-refractivity contribution < 1.29 is 14.5 Å². The van der Waals surface area contributed by atoms with Gasteiger partial charge in [-0.25, -0.2) is 0 Å². The van der Waals surface area contributed by atoms with E-state index in [0.717, 1.165) is 11.1 Å². The quantitative estimate of drug-likeness (QED) is 0.676. The van der Waals surface area contributed by atoms with Crippen LogP contribution in [0.5, 0.6) is 5.75 Å². The lowest BCUT2D eigenvalue weighted by Gasteiger charge is -2.10. The van der Waals surface area contributed by atoms with Crippen molar-refractivity contribution in [3.05, 3.63) is 63.2 Å². The Kier molecular flexibility index (Phi) is 4.95. The average molecular weight is 314 g/mol. The summed E-state index contributed by atoms with van der Waals surface area (Å²) in [5.74, 6) is 0.242. The lowest BCUT2D eigenvalue weighted by Crippen LogP contribution is -2.20. The monoisotopic (exact) mass is 314 g/mol. The number of benzene rings is 2. The minimum Gasteiger partial charge on any atom is -0.484 e. The van der Waals surface area contributed by atoms with Crippen LogP contribution in [0.25, 0.3) is 0 Å². The number of nitrogens with zero attached hydrogens (tertiary/aromatic N) is 1. The van der Waals surface area contributed by atoms with Crippen molar-refractivity contribution in [1.29, 1.82) is 0 Å². The molecule has 6 nitrogen and oxygen atoms in total. The van der Waals surface area contributed by atoms with Gasteiger partial charge in [0, 0.05) is 6.07 Å². The Labute approximate surface area is 134 Å². The number of carbonyl (C=O) groups excluding carboxylic acids is 1. The summed E-state index contributed by atoms with van der Waals surface area (Å²) < 4.78 is 5.45. The fraction of sp³-hybridized carbons (Fsp3) is 0.235. The van der Waals surface area contributed by atoms with E-state index in [2.05, 4.69) is 5.32 Å². The number of ether oxygens (including phenoxy) is 1. The molecule has 0 saturated heterocycles.